The Hall–Kier alpha value is -1.42. The van der Waals surface area contributed by atoms with E-state index in [-0.39, 0.29) is 5.82 Å². The molecule has 0 spiro atoms. The molecule has 1 aromatic carbocycles. The van der Waals surface area contributed by atoms with Crippen molar-refractivity contribution in [2.45, 2.75) is 19.6 Å². The molecule has 2 aromatic rings. The SMILES string of the molecule is CC(O)Cn1ncc2cc(F)ccc21. The largest absolute Gasteiger partial charge is 0.391 e. The Morgan fingerprint density at radius 2 is 2.36 bits per heavy atom. The first kappa shape index (κ1) is 9.15. The highest BCUT2D eigenvalue weighted by Crippen LogP contribution is 2.15. The molecule has 0 saturated carbocycles. The van der Waals surface area contributed by atoms with E-state index in [2.05, 4.69) is 5.10 Å². The fourth-order valence-corrected chi connectivity index (χ4v) is 1.45. The maximum absolute atomic E-state index is 12.8. The van der Waals surface area contributed by atoms with Gasteiger partial charge in [-0.3, -0.25) is 4.68 Å². The van der Waals surface area contributed by atoms with Crippen LogP contribution in [0, 0.1) is 5.82 Å². The molecular weight excluding hydrogens is 183 g/mol. The van der Waals surface area contributed by atoms with Crippen LogP contribution >= 0.6 is 0 Å². The highest BCUT2D eigenvalue weighted by atomic mass is 19.1. The highest BCUT2D eigenvalue weighted by molar-refractivity contribution is 5.78. The Morgan fingerprint density at radius 3 is 3.07 bits per heavy atom. The predicted molar refractivity (Wildman–Crippen MR) is 51.4 cm³/mol. The first-order valence-corrected chi connectivity index (χ1v) is 4.46. The van der Waals surface area contributed by atoms with E-state index in [4.69, 9.17) is 0 Å². The Kier molecular flexibility index (Phi) is 2.21. The first-order valence-electron chi connectivity index (χ1n) is 4.46. The summed E-state index contributed by atoms with van der Waals surface area (Å²) in [6, 6.07) is 4.49. The van der Waals surface area contributed by atoms with Crippen LogP contribution in [-0.2, 0) is 6.54 Å². The Morgan fingerprint density at radius 1 is 1.57 bits per heavy atom. The van der Waals surface area contributed by atoms with Gasteiger partial charge in [-0.2, -0.15) is 5.10 Å². The van der Waals surface area contributed by atoms with E-state index in [1.165, 1.54) is 12.1 Å². The number of hydrogen-bond donors (Lipinski definition) is 1. The van der Waals surface area contributed by atoms with Crippen molar-refractivity contribution < 1.29 is 9.50 Å². The molecule has 74 valence electrons. The second-order valence-electron chi connectivity index (χ2n) is 3.38. The quantitative estimate of drug-likeness (QED) is 0.787. The van der Waals surface area contributed by atoms with Crippen molar-refractivity contribution in [3.63, 3.8) is 0 Å². The maximum Gasteiger partial charge on any atom is 0.124 e. The number of nitrogens with zero attached hydrogens (tertiary/aromatic N) is 2. The van der Waals surface area contributed by atoms with Gasteiger partial charge in [0.05, 0.1) is 24.4 Å². The van der Waals surface area contributed by atoms with Crippen molar-refractivity contribution in [2.75, 3.05) is 0 Å². The number of rotatable bonds is 2. The van der Waals surface area contributed by atoms with Crippen LogP contribution in [0.15, 0.2) is 24.4 Å². The van der Waals surface area contributed by atoms with E-state index in [1.807, 2.05) is 0 Å². The monoisotopic (exact) mass is 194 g/mol. The number of aliphatic hydroxyl groups excluding tert-OH is 1. The van der Waals surface area contributed by atoms with Crippen molar-refractivity contribution in [3.8, 4) is 0 Å². The second-order valence-corrected chi connectivity index (χ2v) is 3.38. The minimum Gasteiger partial charge on any atom is -0.391 e. The number of hydrogen-bond acceptors (Lipinski definition) is 2. The van der Waals surface area contributed by atoms with Crippen molar-refractivity contribution in [1.29, 1.82) is 0 Å². The zero-order valence-electron chi connectivity index (χ0n) is 7.81. The lowest BCUT2D eigenvalue weighted by Gasteiger charge is -2.05. The Labute approximate surface area is 80.8 Å². The van der Waals surface area contributed by atoms with Gasteiger partial charge in [0.15, 0.2) is 0 Å². The normalized spacial score (nSPS) is 13.4. The lowest BCUT2D eigenvalue weighted by atomic mass is 10.2. The summed E-state index contributed by atoms with van der Waals surface area (Å²) < 4.78 is 14.5. The molecular formula is C10H11FN2O. The van der Waals surface area contributed by atoms with Gasteiger partial charge in [-0.15, -0.1) is 0 Å². The third-order valence-electron chi connectivity index (χ3n) is 2.04. The molecule has 0 radical (unpaired) electrons. The summed E-state index contributed by atoms with van der Waals surface area (Å²) in [4.78, 5) is 0. The van der Waals surface area contributed by atoms with Gasteiger partial charge in [-0.1, -0.05) is 0 Å². The van der Waals surface area contributed by atoms with Crippen LogP contribution in [0.25, 0.3) is 10.9 Å². The summed E-state index contributed by atoms with van der Waals surface area (Å²) >= 11 is 0. The average molecular weight is 194 g/mol. The van der Waals surface area contributed by atoms with E-state index in [1.54, 1.807) is 23.9 Å². The van der Waals surface area contributed by atoms with Gasteiger partial charge in [0.1, 0.15) is 5.82 Å². The molecule has 0 amide bonds. The lowest BCUT2D eigenvalue weighted by molar-refractivity contribution is 0.170. The summed E-state index contributed by atoms with van der Waals surface area (Å²) in [6.45, 7) is 2.12. The molecule has 4 heteroatoms. The standard InChI is InChI=1S/C10H11FN2O/c1-7(14)6-13-10-3-2-9(11)4-8(10)5-12-13/h2-5,7,14H,6H2,1H3. The van der Waals surface area contributed by atoms with Crippen molar-refractivity contribution >= 4 is 10.9 Å². The Balaban J connectivity index is 2.47. The molecule has 0 aliphatic heterocycles. The van der Waals surface area contributed by atoms with Crippen LogP contribution in [0.2, 0.25) is 0 Å². The molecule has 1 aromatic heterocycles. The molecule has 14 heavy (non-hydrogen) atoms. The molecule has 0 saturated heterocycles. The molecule has 0 fully saturated rings. The third-order valence-corrected chi connectivity index (χ3v) is 2.04. The molecule has 2 rings (SSSR count). The summed E-state index contributed by atoms with van der Waals surface area (Å²) in [5.41, 5.74) is 0.840. The first-order chi connectivity index (χ1) is 6.66. The van der Waals surface area contributed by atoms with E-state index < -0.39 is 6.10 Å². The Bertz CT molecular complexity index is 450. The number of aromatic nitrogens is 2. The lowest BCUT2D eigenvalue weighted by Crippen LogP contribution is -2.12. The summed E-state index contributed by atoms with van der Waals surface area (Å²) in [5, 5.41) is 14.0. The number of halogens is 1. The molecule has 3 nitrogen and oxygen atoms in total. The van der Waals surface area contributed by atoms with E-state index >= 15 is 0 Å². The van der Waals surface area contributed by atoms with Crippen LogP contribution in [0.5, 0.6) is 0 Å². The number of fused-ring (bicyclic) bond motifs is 1. The summed E-state index contributed by atoms with van der Waals surface area (Å²) in [7, 11) is 0. The van der Waals surface area contributed by atoms with Gasteiger partial charge in [0, 0.05) is 5.39 Å². The second kappa shape index (κ2) is 3.38. The van der Waals surface area contributed by atoms with Crippen LogP contribution in [0.3, 0.4) is 0 Å². The van der Waals surface area contributed by atoms with Crippen molar-refractivity contribution in [2.24, 2.45) is 0 Å². The number of benzene rings is 1. The highest BCUT2D eigenvalue weighted by Gasteiger charge is 2.05. The smallest absolute Gasteiger partial charge is 0.124 e. The molecule has 0 aliphatic rings. The molecule has 0 aliphatic carbocycles. The summed E-state index contributed by atoms with van der Waals surface area (Å²) in [6.07, 6.45) is 1.14. The molecule has 1 unspecified atom stereocenters. The van der Waals surface area contributed by atoms with Gasteiger partial charge < -0.3 is 5.11 Å². The molecule has 0 bridgehead atoms. The average Bonchev–Trinajstić information content (AvgIpc) is 2.47. The number of aliphatic hydroxyl groups is 1. The van der Waals surface area contributed by atoms with Gasteiger partial charge in [0.2, 0.25) is 0 Å². The van der Waals surface area contributed by atoms with Gasteiger partial charge >= 0.3 is 0 Å². The maximum atomic E-state index is 12.8. The topological polar surface area (TPSA) is 38.0 Å². The fraction of sp³-hybridized carbons (Fsp3) is 0.300. The van der Waals surface area contributed by atoms with E-state index in [0.29, 0.717) is 6.54 Å². The molecule has 1 heterocycles. The third kappa shape index (κ3) is 1.61. The van der Waals surface area contributed by atoms with Crippen molar-refractivity contribution in [3.05, 3.63) is 30.2 Å². The fourth-order valence-electron chi connectivity index (χ4n) is 1.45. The predicted octanol–water partition coefficient (Wildman–Crippen LogP) is 1.56. The minimum atomic E-state index is -0.455. The molecule has 1 atom stereocenters. The van der Waals surface area contributed by atoms with Crippen molar-refractivity contribution in [1.82, 2.24) is 9.78 Å². The van der Waals surface area contributed by atoms with E-state index in [9.17, 15) is 9.50 Å². The van der Waals surface area contributed by atoms with Crippen LogP contribution in [-0.4, -0.2) is 21.0 Å². The van der Waals surface area contributed by atoms with Gasteiger partial charge in [-0.05, 0) is 25.1 Å². The zero-order valence-corrected chi connectivity index (χ0v) is 7.81. The molecule has 1 N–H and O–H groups in total. The zero-order chi connectivity index (χ0) is 10.1. The van der Waals surface area contributed by atoms with Gasteiger partial charge in [0.25, 0.3) is 0 Å². The van der Waals surface area contributed by atoms with E-state index in [0.717, 1.165) is 10.9 Å². The summed E-state index contributed by atoms with van der Waals surface area (Å²) in [5.74, 6) is -0.269. The van der Waals surface area contributed by atoms with Gasteiger partial charge in [-0.25, -0.2) is 4.39 Å². The van der Waals surface area contributed by atoms with Crippen LogP contribution < -0.4 is 0 Å². The van der Waals surface area contributed by atoms with Crippen LogP contribution in [0.1, 0.15) is 6.92 Å². The minimum absolute atomic E-state index is 0.269. The van der Waals surface area contributed by atoms with Crippen LogP contribution in [0.4, 0.5) is 4.39 Å².